The Bertz CT molecular complexity index is 507. The van der Waals surface area contributed by atoms with Crippen LogP contribution in [0.5, 0.6) is 0 Å². The van der Waals surface area contributed by atoms with E-state index in [2.05, 4.69) is 15.3 Å². The number of pyridine rings is 2. The maximum Gasteiger partial charge on any atom is 0.136 e. The molecule has 19 heavy (non-hydrogen) atoms. The van der Waals surface area contributed by atoms with Crippen LogP contribution in [0.4, 0.5) is 0 Å². The number of piperidine rings is 1. The lowest BCUT2D eigenvalue weighted by Gasteiger charge is -2.29. The van der Waals surface area contributed by atoms with Gasteiger partial charge in [-0.1, -0.05) is 12.1 Å². The molecule has 2 unspecified atom stereocenters. The van der Waals surface area contributed by atoms with Crippen molar-refractivity contribution in [3.05, 3.63) is 60.2 Å². The van der Waals surface area contributed by atoms with Crippen molar-refractivity contribution in [3.63, 3.8) is 0 Å². The number of ketones is 1. The fraction of sp³-hybridized carbons (Fsp3) is 0.267. The highest BCUT2D eigenvalue weighted by Gasteiger charge is 2.29. The van der Waals surface area contributed by atoms with Gasteiger partial charge >= 0.3 is 0 Å². The van der Waals surface area contributed by atoms with Gasteiger partial charge in [-0.15, -0.1) is 0 Å². The maximum absolute atomic E-state index is 11.9. The molecule has 0 bridgehead atoms. The van der Waals surface area contributed by atoms with E-state index in [0.717, 1.165) is 11.4 Å². The lowest BCUT2D eigenvalue weighted by atomic mass is 9.93. The minimum Gasteiger partial charge on any atom is -0.300 e. The molecule has 1 aliphatic heterocycles. The van der Waals surface area contributed by atoms with Gasteiger partial charge in [0.25, 0.3) is 0 Å². The number of aromatic nitrogens is 2. The molecule has 1 aliphatic rings. The van der Waals surface area contributed by atoms with Crippen LogP contribution in [0.1, 0.15) is 36.3 Å². The fourth-order valence-corrected chi connectivity index (χ4v) is 2.44. The standard InChI is InChI=1S/C15H15N3O/c19-11-9-14(12-5-1-3-7-16-12)18-15(10-11)13-6-2-4-8-17-13/h1-8,14-15,18H,9-10H2. The van der Waals surface area contributed by atoms with Crippen molar-refractivity contribution < 1.29 is 4.79 Å². The van der Waals surface area contributed by atoms with E-state index in [-0.39, 0.29) is 17.9 Å². The van der Waals surface area contributed by atoms with Gasteiger partial charge in [-0.05, 0) is 24.3 Å². The SMILES string of the molecule is O=C1CC(c2ccccn2)NC(c2ccccn2)C1. The summed E-state index contributed by atoms with van der Waals surface area (Å²) in [4.78, 5) is 20.6. The molecule has 3 heterocycles. The molecule has 0 aliphatic carbocycles. The van der Waals surface area contributed by atoms with E-state index in [1.54, 1.807) is 12.4 Å². The van der Waals surface area contributed by atoms with Crippen LogP contribution in [-0.2, 0) is 4.79 Å². The van der Waals surface area contributed by atoms with E-state index in [1.165, 1.54) is 0 Å². The van der Waals surface area contributed by atoms with Gasteiger partial charge in [0, 0.05) is 25.2 Å². The monoisotopic (exact) mass is 253 g/mol. The third-order valence-electron chi connectivity index (χ3n) is 3.36. The van der Waals surface area contributed by atoms with Crippen LogP contribution >= 0.6 is 0 Å². The molecule has 1 fully saturated rings. The number of nitrogens with zero attached hydrogens (tertiary/aromatic N) is 2. The molecule has 2 aromatic heterocycles. The van der Waals surface area contributed by atoms with Crippen molar-refractivity contribution >= 4 is 5.78 Å². The van der Waals surface area contributed by atoms with Crippen LogP contribution in [0.25, 0.3) is 0 Å². The van der Waals surface area contributed by atoms with Crippen LogP contribution < -0.4 is 5.32 Å². The van der Waals surface area contributed by atoms with Gasteiger partial charge in [-0.2, -0.15) is 0 Å². The topological polar surface area (TPSA) is 54.9 Å². The zero-order chi connectivity index (χ0) is 13.1. The number of rotatable bonds is 2. The lowest BCUT2D eigenvalue weighted by molar-refractivity contribution is -0.121. The van der Waals surface area contributed by atoms with Crippen molar-refractivity contribution in [2.75, 3.05) is 0 Å². The van der Waals surface area contributed by atoms with Crippen molar-refractivity contribution in [1.29, 1.82) is 0 Å². The van der Waals surface area contributed by atoms with Gasteiger partial charge in [-0.3, -0.25) is 20.1 Å². The third-order valence-corrected chi connectivity index (χ3v) is 3.36. The van der Waals surface area contributed by atoms with E-state index in [9.17, 15) is 4.79 Å². The Labute approximate surface area is 111 Å². The Kier molecular flexibility index (Phi) is 3.33. The van der Waals surface area contributed by atoms with Crippen LogP contribution in [0, 0.1) is 0 Å². The first-order chi connectivity index (χ1) is 9.33. The molecule has 0 amide bonds. The van der Waals surface area contributed by atoms with E-state index >= 15 is 0 Å². The van der Waals surface area contributed by atoms with Gasteiger partial charge in [0.2, 0.25) is 0 Å². The summed E-state index contributed by atoms with van der Waals surface area (Å²) < 4.78 is 0. The maximum atomic E-state index is 11.9. The highest BCUT2D eigenvalue weighted by atomic mass is 16.1. The first-order valence-electron chi connectivity index (χ1n) is 6.42. The van der Waals surface area contributed by atoms with E-state index in [1.807, 2.05) is 36.4 Å². The number of carbonyl (C=O) groups is 1. The molecular formula is C15H15N3O. The van der Waals surface area contributed by atoms with E-state index < -0.39 is 0 Å². The highest BCUT2D eigenvalue weighted by Crippen LogP contribution is 2.28. The molecule has 4 nitrogen and oxygen atoms in total. The molecule has 0 aromatic carbocycles. The predicted octanol–water partition coefficient (Wildman–Crippen LogP) is 2.21. The summed E-state index contributed by atoms with van der Waals surface area (Å²) in [6, 6.07) is 11.5. The van der Waals surface area contributed by atoms with Crippen molar-refractivity contribution in [1.82, 2.24) is 15.3 Å². The second-order valence-electron chi connectivity index (χ2n) is 4.73. The van der Waals surface area contributed by atoms with Gasteiger partial charge in [0.15, 0.2) is 0 Å². The molecule has 3 rings (SSSR count). The zero-order valence-corrected chi connectivity index (χ0v) is 10.5. The van der Waals surface area contributed by atoms with Gasteiger partial charge < -0.3 is 0 Å². The normalized spacial score (nSPS) is 23.3. The second kappa shape index (κ2) is 5.28. The molecule has 2 aromatic rings. The number of carbonyl (C=O) groups excluding carboxylic acids is 1. The quantitative estimate of drug-likeness (QED) is 0.891. The van der Waals surface area contributed by atoms with Crippen molar-refractivity contribution in [2.24, 2.45) is 0 Å². The average Bonchev–Trinajstić information content (AvgIpc) is 2.48. The molecule has 4 heteroatoms. The molecule has 0 radical (unpaired) electrons. The van der Waals surface area contributed by atoms with Crippen LogP contribution in [0.15, 0.2) is 48.8 Å². The first-order valence-corrected chi connectivity index (χ1v) is 6.42. The zero-order valence-electron chi connectivity index (χ0n) is 10.5. The Hall–Kier alpha value is -2.07. The molecule has 1 saturated heterocycles. The lowest BCUT2D eigenvalue weighted by Crippen LogP contribution is -2.36. The van der Waals surface area contributed by atoms with Gasteiger partial charge in [0.1, 0.15) is 5.78 Å². The highest BCUT2D eigenvalue weighted by molar-refractivity contribution is 5.80. The van der Waals surface area contributed by atoms with Crippen molar-refractivity contribution in [3.8, 4) is 0 Å². The minimum atomic E-state index is -0.0190. The predicted molar refractivity (Wildman–Crippen MR) is 71.3 cm³/mol. The molecule has 1 N–H and O–H groups in total. The average molecular weight is 253 g/mol. The number of nitrogens with one attached hydrogen (secondary N) is 1. The summed E-state index contributed by atoms with van der Waals surface area (Å²) in [5.74, 6) is 0.255. The summed E-state index contributed by atoms with van der Waals surface area (Å²) >= 11 is 0. The third kappa shape index (κ3) is 2.69. The molecular weight excluding hydrogens is 238 g/mol. The molecule has 2 atom stereocenters. The van der Waals surface area contributed by atoms with E-state index in [4.69, 9.17) is 0 Å². The molecule has 0 spiro atoms. The minimum absolute atomic E-state index is 0.0190. The van der Waals surface area contributed by atoms with Crippen molar-refractivity contribution in [2.45, 2.75) is 24.9 Å². The van der Waals surface area contributed by atoms with Crippen LogP contribution in [0.3, 0.4) is 0 Å². The van der Waals surface area contributed by atoms with Gasteiger partial charge in [-0.25, -0.2) is 0 Å². The summed E-state index contributed by atoms with van der Waals surface area (Å²) in [6.45, 7) is 0. The molecule has 96 valence electrons. The Morgan fingerprint density at radius 1 is 0.895 bits per heavy atom. The Morgan fingerprint density at radius 2 is 1.42 bits per heavy atom. The summed E-state index contributed by atoms with van der Waals surface area (Å²) in [6.07, 6.45) is 4.51. The number of hydrogen-bond acceptors (Lipinski definition) is 4. The summed E-state index contributed by atoms with van der Waals surface area (Å²) in [5, 5.41) is 3.47. The van der Waals surface area contributed by atoms with E-state index in [0.29, 0.717) is 12.8 Å². The largest absolute Gasteiger partial charge is 0.300 e. The first kappa shape index (κ1) is 12.0. The van der Waals surface area contributed by atoms with Crippen LogP contribution in [-0.4, -0.2) is 15.8 Å². The second-order valence-corrected chi connectivity index (χ2v) is 4.73. The fourth-order valence-electron chi connectivity index (χ4n) is 2.44. The Balaban J connectivity index is 1.84. The summed E-state index contributed by atoms with van der Waals surface area (Å²) in [7, 11) is 0. The van der Waals surface area contributed by atoms with Crippen LogP contribution in [0.2, 0.25) is 0 Å². The smallest absolute Gasteiger partial charge is 0.136 e. The summed E-state index contributed by atoms with van der Waals surface area (Å²) in [5.41, 5.74) is 1.83. The van der Waals surface area contributed by atoms with Gasteiger partial charge in [0.05, 0.1) is 23.5 Å². The number of Topliss-reactive ketones (excluding diaryl/α,β-unsaturated/α-hetero) is 1. The molecule has 0 saturated carbocycles. The Morgan fingerprint density at radius 3 is 1.84 bits per heavy atom. The number of hydrogen-bond donors (Lipinski definition) is 1.